The number of halogens is 1. The van der Waals surface area contributed by atoms with Crippen molar-refractivity contribution in [1.29, 1.82) is 0 Å². The van der Waals surface area contributed by atoms with E-state index in [1.54, 1.807) is 0 Å². The molecule has 2 unspecified atom stereocenters. The zero-order valence-corrected chi connectivity index (χ0v) is 14.8. The molecule has 23 heavy (non-hydrogen) atoms. The Bertz CT molecular complexity index is 491. The molecule has 2 aliphatic rings. The van der Waals surface area contributed by atoms with Crippen molar-refractivity contribution in [2.45, 2.75) is 76.4 Å². The second-order valence-electron chi connectivity index (χ2n) is 7.07. The van der Waals surface area contributed by atoms with Crippen LogP contribution in [0, 0.1) is 6.92 Å². The van der Waals surface area contributed by atoms with Crippen molar-refractivity contribution in [1.82, 2.24) is 10.6 Å². The minimum absolute atomic E-state index is 0. The van der Waals surface area contributed by atoms with Gasteiger partial charge in [-0.1, -0.05) is 29.8 Å². The Hall–Kier alpha value is -1.06. The summed E-state index contributed by atoms with van der Waals surface area (Å²) in [6.07, 6.45) is 8.63. The molecular weight excluding hydrogens is 308 g/mol. The Labute approximate surface area is 146 Å². The third kappa shape index (κ3) is 5.50. The molecule has 0 aliphatic carbocycles. The summed E-state index contributed by atoms with van der Waals surface area (Å²) < 4.78 is 0. The third-order valence-corrected chi connectivity index (χ3v) is 5.08. The van der Waals surface area contributed by atoms with E-state index in [9.17, 15) is 4.79 Å². The standard InChI is InChI=1S/C19H28N2O.ClH/c1-14-6-8-15(9-7-14)4-2-3-5-19(22)21-18-12-16-10-11-17(13-18)20-16;/h6-9,16-18,20H,2-5,10-13H2,1H3,(H,21,22);1H. The number of amides is 1. The molecule has 2 heterocycles. The van der Waals surface area contributed by atoms with Crippen LogP contribution in [-0.2, 0) is 11.2 Å². The monoisotopic (exact) mass is 336 g/mol. The highest BCUT2D eigenvalue weighted by Gasteiger charge is 2.33. The highest BCUT2D eigenvalue weighted by atomic mass is 35.5. The van der Waals surface area contributed by atoms with Crippen LogP contribution in [0.3, 0.4) is 0 Å². The number of nitrogens with one attached hydrogen (secondary N) is 2. The predicted molar refractivity (Wildman–Crippen MR) is 97.1 cm³/mol. The Morgan fingerprint density at radius 3 is 2.43 bits per heavy atom. The van der Waals surface area contributed by atoms with Crippen LogP contribution in [0.5, 0.6) is 0 Å². The number of carbonyl (C=O) groups is 1. The molecule has 1 aromatic rings. The second kappa shape index (κ2) is 8.70. The number of hydrogen-bond acceptors (Lipinski definition) is 2. The molecule has 1 amide bonds. The lowest BCUT2D eigenvalue weighted by atomic mass is 9.99. The van der Waals surface area contributed by atoms with Crippen molar-refractivity contribution in [3.63, 3.8) is 0 Å². The van der Waals surface area contributed by atoms with E-state index in [4.69, 9.17) is 0 Å². The maximum atomic E-state index is 12.1. The molecular formula is C19H29ClN2O. The highest BCUT2D eigenvalue weighted by molar-refractivity contribution is 5.85. The van der Waals surface area contributed by atoms with E-state index >= 15 is 0 Å². The second-order valence-corrected chi connectivity index (χ2v) is 7.07. The number of fused-ring (bicyclic) bond motifs is 2. The van der Waals surface area contributed by atoms with Gasteiger partial charge in [-0.2, -0.15) is 0 Å². The maximum absolute atomic E-state index is 12.1. The number of aryl methyl sites for hydroxylation is 2. The van der Waals surface area contributed by atoms with Gasteiger partial charge in [0.15, 0.2) is 0 Å². The summed E-state index contributed by atoms with van der Waals surface area (Å²) in [5, 5.41) is 6.86. The van der Waals surface area contributed by atoms with Crippen LogP contribution in [-0.4, -0.2) is 24.0 Å². The van der Waals surface area contributed by atoms with Gasteiger partial charge in [-0.15, -0.1) is 12.4 Å². The van der Waals surface area contributed by atoms with E-state index in [0.717, 1.165) is 32.1 Å². The molecule has 1 aromatic carbocycles. The van der Waals surface area contributed by atoms with Crippen LogP contribution >= 0.6 is 12.4 Å². The first-order valence-corrected chi connectivity index (χ1v) is 8.80. The predicted octanol–water partition coefficient (Wildman–Crippen LogP) is 3.53. The number of rotatable bonds is 6. The minimum atomic E-state index is 0. The van der Waals surface area contributed by atoms with E-state index < -0.39 is 0 Å². The molecule has 4 heteroatoms. The van der Waals surface area contributed by atoms with Gasteiger partial charge in [0.25, 0.3) is 0 Å². The zero-order chi connectivity index (χ0) is 15.4. The van der Waals surface area contributed by atoms with Gasteiger partial charge in [-0.3, -0.25) is 4.79 Å². The summed E-state index contributed by atoms with van der Waals surface area (Å²) in [5.41, 5.74) is 2.68. The van der Waals surface area contributed by atoms with Gasteiger partial charge in [0.05, 0.1) is 0 Å². The van der Waals surface area contributed by atoms with Crippen molar-refractivity contribution in [2.75, 3.05) is 0 Å². The molecule has 128 valence electrons. The molecule has 2 N–H and O–H groups in total. The van der Waals surface area contributed by atoms with E-state index in [1.807, 2.05) is 0 Å². The molecule has 0 saturated carbocycles. The van der Waals surface area contributed by atoms with E-state index in [2.05, 4.69) is 41.8 Å². The number of carbonyl (C=O) groups excluding carboxylic acids is 1. The van der Waals surface area contributed by atoms with Crippen LogP contribution in [0.2, 0.25) is 0 Å². The Morgan fingerprint density at radius 1 is 1.13 bits per heavy atom. The number of hydrogen-bond donors (Lipinski definition) is 2. The van der Waals surface area contributed by atoms with Crippen LogP contribution in [0.4, 0.5) is 0 Å². The zero-order valence-electron chi connectivity index (χ0n) is 14.0. The first-order chi connectivity index (χ1) is 10.7. The number of unbranched alkanes of at least 4 members (excludes halogenated alkanes) is 1. The highest BCUT2D eigenvalue weighted by Crippen LogP contribution is 2.26. The minimum Gasteiger partial charge on any atom is -0.353 e. The number of piperidine rings is 1. The van der Waals surface area contributed by atoms with Crippen molar-refractivity contribution in [3.05, 3.63) is 35.4 Å². The van der Waals surface area contributed by atoms with Gasteiger partial charge in [0, 0.05) is 24.5 Å². The quantitative estimate of drug-likeness (QED) is 0.780. The van der Waals surface area contributed by atoms with Gasteiger partial charge in [-0.05, 0) is 57.4 Å². The third-order valence-electron chi connectivity index (χ3n) is 5.08. The average molecular weight is 337 g/mol. The van der Waals surface area contributed by atoms with E-state index in [-0.39, 0.29) is 18.3 Å². The summed E-state index contributed by atoms with van der Waals surface area (Å²) in [7, 11) is 0. The lowest BCUT2D eigenvalue weighted by molar-refractivity contribution is -0.122. The molecule has 3 rings (SSSR count). The fourth-order valence-corrected chi connectivity index (χ4v) is 3.84. The van der Waals surface area contributed by atoms with Gasteiger partial charge in [0.2, 0.25) is 5.91 Å². The van der Waals surface area contributed by atoms with Crippen molar-refractivity contribution in [3.8, 4) is 0 Å². The lowest BCUT2D eigenvalue weighted by Crippen LogP contribution is -2.47. The fraction of sp³-hybridized carbons (Fsp3) is 0.632. The molecule has 2 atom stereocenters. The van der Waals surface area contributed by atoms with Crippen LogP contribution < -0.4 is 10.6 Å². The SMILES string of the molecule is Cc1ccc(CCCCC(=O)NC2CC3CCC(C2)N3)cc1.Cl. The van der Waals surface area contributed by atoms with Crippen molar-refractivity contribution >= 4 is 18.3 Å². The maximum Gasteiger partial charge on any atom is 0.220 e. The molecule has 2 fully saturated rings. The summed E-state index contributed by atoms with van der Waals surface area (Å²) in [6, 6.07) is 10.4. The van der Waals surface area contributed by atoms with Crippen LogP contribution in [0.15, 0.2) is 24.3 Å². The van der Waals surface area contributed by atoms with Crippen LogP contribution in [0.25, 0.3) is 0 Å². The van der Waals surface area contributed by atoms with Gasteiger partial charge in [0.1, 0.15) is 0 Å². The first-order valence-electron chi connectivity index (χ1n) is 8.80. The summed E-state index contributed by atoms with van der Waals surface area (Å²) in [6.45, 7) is 2.11. The molecule has 0 spiro atoms. The van der Waals surface area contributed by atoms with Gasteiger partial charge >= 0.3 is 0 Å². The fourth-order valence-electron chi connectivity index (χ4n) is 3.84. The molecule has 2 aliphatic heterocycles. The van der Waals surface area contributed by atoms with Gasteiger partial charge in [-0.25, -0.2) is 0 Å². The van der Waals surface area contributed by atoms with E-state index in [0.29, 0.717) is 24.5 Å². The first kappa shape index (κ1) is 18.3. The molecule has 0 aromatic heterocycles. The van der Waals surface area contributed by atoms with Crippen LogP contribution in [0.1, 0.15) is 56.1 Å². The summed E-state index contributed by atoms with van der Waals surface area (Å²) in [5.74, 6) is 0.246. The Morgan fingerprint density at radius 2 is 1.78 bits per heavy atom. The van der Waals surface area contributed by atoms with E-state index in [1.165, 1.54) is 24.0 Å². The lowest BCUT2D eigenvalue weighted by Gasteiger charge is -2.29. The van der Waals surface area contributed by atoms with Crippen molar-refractivity contribution in [2.24, 2.45) is 0 Å². The van der Waals surface area contributed by atoms with Gasteiger partial charge < -0.3 is 10.6 Å². The summed E-state index contributed by atoms with van der Waals surface area (Å²) in [4.78, 5) is 12.1. The summed E-state index contributed by atoms with van der Waals surface area (Å²) >= 11 is 0. The molecule has 2 bridgehead atoms. The smallest absolute Gasteiger partial charge is 0.220 e. The largest absolute Gasteiger partial charge is 0.353 e. The normalized spacial score (nSPS) is 25.7. The Kier molecular flexibility index (Phi) is 6.91. The molecule has 2 saturated heterocycles. The number of benzene rings is 1. The van der Waals surface area contributed by atoms with Crippen molar-refractivity contribution < 1.29 is 4.79 Å². The average Bonchev–Trinajstić information content (AvgIpc) is 2.84. The Balaban J connectivity index is 0.00000192. The topological polar surface area (TPSA) is 41.1 Å². The molecule has 0 radical (unpaired) electrons. The molecule has 3 nitrogen and oxygen atoms in total.